The number of nitrogens with one attached hydrogen (secondary N) is 1. The molecule has 12 heavy (non-hydrogen) atoms. The van der Waals surface area contributed by atoms with E-state index in [0.29, 0.717) is 0 Å². The van der Waals surface area contributed by atoms with Crippen molar-refractivity contribution in [1.29, 1.82) is 0 Å². The fraction of sp³-hybridized carbons (Fsp3) is 0. The Labute approximate surface area is 74.5 Å². The molecule has 1 N–H and O–H groups in total. The Morgan fingerprint density at radius 2 is 1.67 bits per heavy atom. The highest BCUT2D eigenvalue weighted by atomic mass is 28.3. The molecule has 0 aliphatic rings. The molecule has 0 aliphatic carbocycles. The Hall–Kier alpha value is -1.64. The van der Waals surface area contributed by atoms with Gasteiger partial charge in [0.2, 0.25) is 0 Å². The van der Waals surface area contributed by atoms with E-state index in [9.17, 15) is 0 Å². The first-order chi connectivity index (χ1) is 5.86. The zero-order chi connectivity index (χ0) is 8.81. The number of hydrogen-bond donors (Lipinski definition) is 1. The molecule has 0 heterocycles. The predicted octanol–water partition coefficient (Wildman–Crippen LogP) is 1.17. The quantitative estimate of drug-likeness (QED) is 0.520. The molecule has 0 saturated heterocycles. The van der Waals surface area contributed by atoms with Gasteiger partial charge in [0.25, 0.3) is 8.96 Å². The van der Waals surface area contributed by atoms with E-state index in [4.69, 9.17) is 12.8 Å². The molecule has 1 rings (SSSR count). The van der Waals surface area contributed by atoms with E-state index in [-0.39, 0.29) is 0 Å². The van der Waals surface area contributed by atoms with Crippen molar-refractivity contribution in [2.75, 3.05) is 4.98 Å². The van der Waals surface area contributed by atoms with Gasteiger partial charge in [0.05, 0.1) is 0 Å². The van der Waals surface area contributed by atoms with Gasteiger partial charge < -0.3 is 4.98 Å². The van der Waals surface area contributed by atoms with Crippen LogP contribution in [-0.4, -0.2) is 8.96 Å². The normalized spacial score (nSPS) is 8.58. The third-order valence-electron chi connectivity index (χ3n) is 1.42. The molecule has 0 saturated carbocycles. The minimum Gasteiger partial charge on any atom is -0.394 e. The standard InChI is InChI=1S/C10H9NSi/c1-3-12(4-2)11-10-8-6-5-7-9-10/h1-2,5-9,11-12H. The van der Waals surface area contributed by atoms with Gasteiger partial charge in [-0.05, 0) is 12.1 Å². The highest BCUT2D eigenvalue weighted by Crippen LogP contribution is 2.04. The van der Waals surface area contributed by atoms with E-state index < -0.39 is 8.96 Å². The molecule has 0 aliphatic heterocycles. The zero-order valence-corrected chi connectivity index (χ0v) is 7.77. The second-order valence-electron chi connectivity index (χ2n) is 2.28. The largest absolute Gasteiger partial charge is 0.394 e. The van der Waals surface area contributed by atoms with Crippen LogP contribution in [0.4, 0.5) is 5.69 Å². The van der Waals surface area contributed by atoms with Gasteiger partial charge in [0, 0.05) is 5.69 Å². The molecule has 0 fully saturated rings. The highest BCUT2D eigenvalue weighted by Gasteiger charge is 2.00. The van der Waals surface area contributed by atoms with Crippen LogP contribution in [0.2, 0.25) is 0 Å². The third kappa shape index (κ3) is 2.19. The van der Waals surface area contributed by atoms with Crippen molar-refractivity contribution < 1.29 is 0 Å². The van der Waals surface area contributed by atoms with Gasteiger partial charge >= 0.3 is 0 Å². The van der Waals surface area contributed by atoms with Crippen LogP contribution in [0.15, 0.2) is 30.3 Å². The van der Waals surface area contributed by atoms with Gasteiger partial charge in [0.1, 0.15) is 0 Å². The van der Waals surface area contributed by atoms with E-state index in [1.807, 2.05) is 30.3 Å². The van der Waals surface area contributed by atoms with E-state index in [1.165, 1.54) is 0 Å². The smallest absolute Gasteiger partial charge is 0.298 e. The number of rotatable bonds is 2. The minimum atomic E-state index is -1.61. The second kappa shape index (κ2) is 4.28. The molecule has 0 spiro atoms. The molecular weight excluding hydrogens is 162 g/mol. The first kappa shape index (κ1) is 8.45. The summed E-state index contributed by atoms with van der Waals surface area (Å²) < 4.78 is 0. The van der Waals surface area contributed by atoms with Gasteiger partial charge in [-0.2, -0.15) is 0 Å². The first-order valence-electron chi connectivity index (χ1n) is 3.60. The zero-order valence-electron chi connectivity index (χ0n) is 6.62. The van der Waals surface area contributed by atoms with Crippen LogP contribution < -0.4 is 4.98 Å². The van der Waals surface area contributed by atoms with Crippen molar-refractivity contribution in [3.8, 4) is 23.9 Å². The Morgan fingerprint density at radius 3 is 2.17 bits per heavy atom. The second-order valence-corrected chi connectivity index (χ2v) is 4.10. The summed E-state index contributed by atoms with van der Waals surface area (Å²) in [6.45, 7) is 0. The molecule has 2 heteroatoms. The lowest BCUT2D eigenvalue weighted by molar-refractivity contribution is 1.67. The van der Waals surface area contributed by atoms with Crippen LogP contribution in [0.25, 0.3) is 0 Å². The topological polar surface area (TPSA) is 12.0 Å². The van der Waals surface area contributed by atoms with Crippen molar-refractivity contribution in [2.24, 2.45) is 0 Å². The lowest BCUT2D eigenvalue weighted by atomic mass is 10.3. The molecule has 0 radical (unpaired) electrons. The van der Waals surface area contributed by atoms with E-state index in [0.717, 1.165) is 5.69 Å². The summed E-state index contributed by atoms with van der Waals surface area (Å²) in [5, 5.41) is 0. The van der Waals surface area contributed by atoms with Crippen LogP contribution >= 0.6 is 0 Å². The predicted molar refractivity (Wildman–Crippen MR) is 54.9 cm³/mol. The first-order valence-corrected chi connectivity index (χ1v) is 5.34. The van der Waals surface area contributed by atoms with Gasteiger partial charge in [0.15, 0.2) is 0 Å². The van der Waals surface area contributed by atoms with Crippen LogP contribution in [0.3, 0.4) is 0 Å². The molecule has 0 atom stereocenters. The fourth-order valence-corrected chi connectivity index (χ4v) is 1.62. The summed E-state index contributed by atoms with van der Waals surface area (Å²) in [5.41, 5.74) is 6.19. The number of para-hydroxylation sites is 1. The molecule has 58 valence electrons. The van der Waals surface area contributed by atoms with Crippen molar-refractivity contribution in [3.05, 3.63) is 30.3 Å². The highest BCUT2D eigenvalue weighted by molar-refractivity contribution is 6.78. The molecule has 0 bridgehead atoms. The average Bonchev–Trinajstić information content (AvgIpc) is 2.16. The number of terminal acetylenes is 2. The maximum atomic E-state index is 5.24. The molecular formula is C10H9NSi. The maximum absolute atomic E-state index is 5.24. The Balaban J connectivity index is 2.66. The Kier molecular flexibility index (Phi) is 3.01. The van der Waals surface area contributed by atoms with Gasteiger partial charge in [-0.1, -0.05) is 29.3 Å². The monoisotopic (exact) mass is 171 g/mol. The van der Waals surface area contributed by atoms with Gasteiger partial charge in [-0.3, -0.25) is 0 Å². The summed E-state index contributed by atoms with van der Waals surface area (Å²) in [4.78, 5) is 3.14. The summed E-state index contributed by atoms with van der Waals surface area (Å²) in [7, 11) is -1.61. The van der Waals surface area contributed by atoms with Crippen molar-refractivity contribution in [3.63, 3.8) is 0 Å². The molecule has 1 aromatic rings. The third-order valence-corrected chi connectivity index (χ3v) is 2.71. The van der Waals surface area contributed by atoms with E-state index in [1.54, 1.807) is 0 Å². The molecule has 1 nitrogen and oxygen atoms in total. The summed E-state index contributed by atoms with van der Waals surface area (Å²) in [6, 6.07) is 9.75. The maximum Gasteiger partial charge on any atom is 0.298 e. The summed E-state index contributed by atoms with van der Waals surface area (Å²) in [6.07, 6.45) is 10.5. The average molecular weight is 171 g/mol. The van der Waals surface area contributed by atoms with Gasteiger partial charge in [-0.25, -0.2) is 0 Å². The lowest BCUT2D eigenvalue weighted by Gasteiger charge is -2.05. The fourth-order valence-electron chi connectivity index (χ4n) is 0.832. The van der Waals surface area contributed by atoms with E-state index >= 15 is 0 Å². The number of anilines is 1. The molecule has 0 amide bonds. The SMILES string of the molecule is C#C[SiH](C#C)Nc1ccccc1. The van der Waals surface area contributed by atoms with E-state index in [2.05, 4.69) is 16.1 Å². The Morgan fingerprint density at radius 1 is 1.08 bits per heavy atom. The van der Waals surface area contributed by atoms with Crippen molar-refractivity contribution in [2.45, 2.75) is 0 Å². The van der Waals surface area contributed by atoms with Crippen molar-refractivity contribution >= 4 is 14.6 Å². The van der Waals surface area contributed by atoms with Crippen molar-refractivity contribution in [1.82, 2.24) is 0 Å². The molecule has 0 aromatic heterocycles. The molecule has 1 aromatic carbocycles. The number of hydrogen-bond acceptors (Lipinski definition) is 1. The van der Waals surface area contributed by atoms with Crippen LogP contribution in [-0.2, 0) is 0 Å². The summed E-state index contributed by atoms with van der Waals surface area (Å²) in [5.74, 6) is 0. The van der Waals surface area contributed by atoms with Crippen LogP contribution in [0, 0.1) is 23.9 Å². The van der Waals surface area contributed by atoms with Crippen LogP contribution in [0.1, 0.15) is 0 Å². The number of benzene rings is 1. The molecule has 0 unspecified atom stereocenters. The summed E-state index contributed by atoms with van der Waals surface area (Å²) >= 11 is 0. The van der Waals surface area contributed by atoms with Crippen LogP contribution in [0.5, 0.6) is 0 Å². The minimum absolute atomic E-state index is 1.00. The van der Waals surface area contributed by atoms with Gasteiger partial charge in [-0.15, -0.1) is 12.8 Å². The Bertz CT molecular complexity index is 304. The lowest BCUT2D eigenvalue weighted by Crippen LogP contribution is -2.20.